The Kier molecular flexibility index (Phi) is 4.87. The molecule has 1 N–H and O–H groups in total. The lowest BCUT2D eigenvalue weighted by Crippen LogP contribution is -2.41. The fraction of sp³-hybridized carbons (Fsp3) is 0.647. The zero-order valence-electron chi connectivity index (χ0n) is 12.8. The summed E-state index contributed by atoms with van der Waals surface area (Å²) in [5, 5.41) is 10.1. The van der Waals surface area contributed by atoms with Crippen LogP contribution in [0.1, 0.15) is 44.2 Å². The van der Waals surface area contributed by atoms with Crippen molar-refractivity contribution in [3.63, 3.8) is 0 Å². The number of phenolic OH excluding ortho intramolecular Hbond substituents is 1. The van der Waals surface area contributed by atoms with E-state index in [1.807, 2.05) is 12.1 Å². The zero-order valence-corrected chi connectivity index (χ0v) is 14.3. The van der Waals surface area contributed by atoms with Gasteiger partial charge in [0.1, 0.15) is 5.75 Å². The van der Waals surface area contributed by atoms with Gasteiger partial charge in [0, 0.05) is 35.2 Å². The number of benzene rings is 1. The predicted molar refractivity (Wildman–Crippen MR) is 89.6 cm³/mol. The van der Waals surface area contributed by atoms with E-state index in [0.717, 1.165) is 23.1 Å². The molecule has 0 radical (unpaired) electrons. The molecule has 0 aromatic heterocycles. The summed E-state index contributed by atoms with van der Waals surface area (Å²) in [6.07, 6.45) is 5.38. The maximum Gasteiger partial charge on any atom is 0.120 e. The third-order valence-corrected chi connectivity index (χ3v) is 5.58. The second-order valence-electron chi connectivity index (χ2n) is 6.41. The van der Waals surface area contributed by atoms with Crippen LogP contribution >= 0.6 is 15.9 Å². The largest absolute Gasteiger partial charge is 0.508 e. The van der Waals surface area contributed by atoms with Crippen LogP contribution in [0.15, 0.2) is 22.7 Å². The summed E-state index contributed by atoms with van der Waals surface area (Å²) >= 11 is 3.51. The van der Waals surface area contributed by atoms with Crippen LogP contribution in [0.2, 0.25) is 0 Å². The molecule has 2 saturated heterocycles. The average molecular weight is 353 g/mol. The summed E-state index contributed by atoms with van der Waals surface area (Å²) in [7, 11) is 0. The van der Waals surface area contributed by atoms with Gasteiger partial charge >= 0.3 is 0 Å². The van der Waals surface area contributed by atoms with E-state index in [1.54, 1.807) is 6.07 Å². The maximum atomic E-state index is 10.1. The Morgan fingerprint density at radius 3 is 2.71 bits per heavy atom. The van der Waals surface area contributed by atoms with Crippen molar-refractivity contribution in [2.24, 2.45) is 0 Å². The Hall–Kier alpha value is -0.580. The molecule has 3 rings (SSSR count). The average Bonchev–Trinajstić information content (AvgIpc) is 3.00. The first-order chi connectivity index (χ1) is 10.1. The van der Waals surface area contributed by atoms with E-state index >= 15 is 0 Å². The van der Waals surface area contributed by atoms with Gasteiger partial charge in [-0.25, -0.2) is 0 Å². The molecule has 1 aromatic rings. The molecule has 2 heterocycles. The van der Waals surface area contributed by atoms with Crippen LogP contribution in [0, 0.1) is 0 Å². The molecule has 2 unspecified atom stereocenters. The molecule has 4 heteroatoms. The molecule has 0 saturated carbocycles. The Morgan fingerprint density at radius 1 is 1.19 bits per heavy atom. The van der Waals surface area contributed by atoms with E-state index in [2.05, 4.69) is 32.7 Å². The Balaban J connectivity index is 1.66. The first-order valence-electron chi connectivity index (χ1n) is 8.11. The van der Waals surface area contributed by atoms with Crippen LogP contribution in [-0.4, -0.2) is 47.1 Å². The minimum absolute atomic E-state index is 0.275. The molecule has 116 valence electrons. The van der Waals surface area contributed by atoms with Gasteiger partial charge in [-0.2, -0.15) is 0 Å². The van der Waals surface area contributed by atoms with E-state index in [4.69, 9.17) is 0 Å². The Bertz CT molecular complexity index is 488. The van der Waals surface area contributed by atoms with Gasteiger partial charge in [0.15, 0.2) is 0 Å². The third kappa shape index (κ3) is 3.43. The summed E-state index contributed by atoms with van der Waals surface area (Å²) in [5.74, 6) is 0.409. The van der Waals surface area contributed by atoms with Gasteiger partial charge < -0.3 is 5.11 Å². The maximum absolute atomic E-state index is 10.1. The van der Waals surface area contributed by atoms with E-state index in [1.165, 1.54) is 38.8 Å². The van der Waals surface area contributed by atoms with Crippen LogP contribution in [-0.2, 0) is 0 Å². The molecule has 2 aliphatic heterocycles. The molecule has 21 heavy (non-hydrogen) atoms. The molecule has 2 fully saturated rings. The van der Waals surface area contributed by atoms with Gasteiger partial charge in [0.25, 0.3) is 0 Å². The fourth-order valence-corrected chi connectivity index (χ4v) is 4.14. The lowest BCUT2D eigenvalue weighted by atomic mass is 10.1. The van der Waals surface area contributed by atoms with E-state index in [9.17, 15) is 5.11 Å². The Morgan fingerprint density at radius 2 is 1.95 bits per heavy atom. The second kappa shape index (κ2) is 6.67. The fourth-order valence-electron chi connectivity index (χ4n) is 3.76. The predicted octanol–water partition coefficient (Wildman–Crippen LogP) is 3.78. The Labute approximate surface area is 136 Å². The van der Waals surface area contributed by atoms with Crippen molar-refractivity contribution in [1.82, 2.24) is 9.80 Å². The molecule has 2 atom stereocenters. The lowest BCUT2D eigenvalue weighted by Gasteiger charge is -2.33. The van der Waals surface area contributed by atoms with Crippen molar-refractivity contribution < 1.29 is 5.11 Å². The molecular weight excluding hydrogens is 328 g/mol. The first-order valence-corrected chi connectivity index (χ1v) is 8.91. The smallest absolute Gasteiger partial charge is 0.120 e. The molecule has 3 nitrogen and oxygen atoms in total. The molecule has 1 aromatic carbocycles. The van der Waals surface area contributed by atoms with Crippen LogP contribution in [0.25, 0.3) is 0 Å². The lowest BCUT2D eigenvalue weighted by molar-refractivity contribution is 0.154. The summed E-state index contributed by atoms with van der Waals surface area (Å²) in [4.78, 5) is 5.19. The third-order valence-electron chi connectivity index (χ3n) is 5.09. The number of hydrogen-bond donors (Lipinski definition) is 1. The van der Waals surface area contributed by atoms with Gasteiger partial charge in [-0.15, -0.1) is 0 Å². The SMILES string of the molecule is CC(c1cc(Br)ccc1O)N1CCC(N2CCCCC2)C1. The highest BCUT2D eigenvalue weighted by Gasteiger charge is 2.31. The van der Waals surface area contributed by atoms with Gasteiger partial charge in [0.05, 0.1) is 0 Å². The zero-order chi connectivity index (χ0) is 14.8. The van der Waals surface area contributed by atoms with Gasteiger partial charge in [-0.05, 0) is 57.5 Å². The van der Waals surface area contributed by atoms with Crippen molar-refractivity contribution in [3.8, 4) is 5.75 Å². The van der Waals surface area contributed by atoms with Gasteiger partial charge in [0.2, 0.25) is 0 Å². The number of aromatic hydroxyl groups is 1. The highest BCUT2D eigenvalue weighted by atomic mass is 79.9. The summed E-state index contributed by atoms with van der Waals surface area (Å²) < 4.78 is 1.04. The first kappa shape index (κ1) is 15.3. The van der Waals surface area contributed by atoms with Crippen LogP contribution < -0.4 is 0 Å². The number of nitrogens with zero attached hydrogens (tertiary/aromatic N) is 2. The van der Waals surface area contributed by atoms with E-state index < -0.39 is 0 Å². The van der Waals surface area contributed by atoms with Crippen LogP contribution in [0.4, 0.5) is 0 Å². The van der Waals surface area contributed by atoms with Crippen molar-refractivity contribution in [2.45, 2.75) is 44.7 Å². The number of phenols is 1. The highest BCUT2D eigenvalue weighted by Crippen LogP contribution is 2.33. The standard InChI is InChI=1S/C17H25BrN2O/c1-13(16-11-14(18)5-6-17(16)21)20-10-7-15(12-20)19-8-3-2-4-9-19/h5-6,11,13,15,21H,2-4,7-10,12H2,1H3. The summed E-state index contributed by atoms with van der Waals surface area (Å²) in [5.41, 5.74) is 1.03. The molecule has 0 bridgehead atoms. The van der Waals surface area contributed by atoms with Crippen LogP contribution in [0.5, 0.6) is 5.75 Å². The van der Waals surface area contributed by atoms with Crippen molar-refractivity contribution >= 4 is 15.9 Å². The minimum Gasteiger partial charge on any atom is -0.508 e. The monoisotopic (exact) mass is 352 g/mol. The van der Waals surface area contributed by atoms with Gasteiger partial charge in [-0.1, -0.05) is 22.4 Å². The number of likely N-dealkylation sites (tertiary alicyclic amines) is 2. The molecule has 0 spiro atoms. The minimum atomic E-state index is 0.275. The van der Waals surface area contributed by atoms with Crippen molar-refractivity contribution in [1.29, 1.82) is 0 Å². The summed E-state index contributed by atoms with van der Waals surface area (Å²) in [6, 6.07) is 6.72. The summed E-state index contributed by atoms with van der Waals surface area (Å²) in [6.45, 7) is 7.02. The normalized spacial score (nSPS) is 26.1. The molecular formula is C17H25BrN2O. The number of rotatable bonds is 3. The van der Waals surface area contributed by atoms with E-state index in [0.29, 0.717) is 11.8 Å². The van der Waals surface area contributed by atoms with Crippen molar-refractivity contribution in [2.75, 3.05) is 26.2 Å². The number of piperidine rings is 1. The quantitative estimate of drug-likeness (QED) is 0.896. The van der Waals surface area contributed by atoms with Crippen LogP contribution in [0.3, 0.4) is 0 Å². The van der Waals surface area contributed by atoms with E-state index in [-0.39, 0.29) is 6.04 Å². The number of hydrogen-bond acceptors (Lipinski definition) is 3. The van der Waals surface area contributed by atoms with Crippen molar-refractivity contribution in [3.05, 3.63) is 28.2 Å². The molecule has 0 aliphatic carbocycles. The van der Waals surface area contributed by atoms with Gasteiger partial charge in [-0.3, -0.25) is 9.80 Å². The molecule has 0 amide bonds. The number of halogens is 1. The highest BCUT2D eigenvalue weighted by molar-refractivity contribution is 9.10. The second-order valence-corrected chi connectivity index (χ2v) is 7.33. The topological polar surface area (TPSA) is 26.7 Å². The molecule has 2 aliphatic rings.